The number of cyclic esters (lactones) is 1. The van der Waals surface area contributed by atoms with E-state index in [4.69, 9.17) is 4.74 Å². The molecule has 0 bridgehead atoms. The Kier molecular flexibility index (Phi) is 8.34. The van der Waals surface area contributed by atoms with E-state index in [1.165, 1.54) is 22.2 Å². The number of aryl methyl sites for hydroxylation is 1. The lowest BCUT2D eigenvalue weighted by molar-refractivity contribution is -0.161. The van der Waals surface area contributed by atoms with Gasteiger partial charge in [-0.3, -0.25) is 4.72 Å². The molecule has 1 aliphatic rings. The minimum atomic E-state index is -3.82. The second-order valence-corrected chi connectivity index (χ2v) is 11.7. The van der Waals surface area contributed by atoms with Crippen LogP contribution >= 0.6 is 11.3 Å². The second-order valence-electron chi connectivity index (χ2n) is 9.36. The molecular formula is C28H32N2O5S2. The summed E-state index contributed by atoms with van der Waals surface area (Å²) in [7, 11) is -3.82. The molecule has 0 saturated carbocycles. The average molecular weight is 541 g/mol. The minimum absolute atomic E-state index is 0.0473. The molecule has 1 aliphatic heterocycles. The van der Waals surface area contributed by atoms with E-state index in [-0.39, 0.29) is 22.8 Å². The molecule has 2 aromatic carbocycles. The van der Waals surface area contributed by atoms with E-state index in [1.54, 1.807) is 18.2 Å². The van der Waals surface area contributed by atoms with Crippen LogP contribution in [0.5, 0.6) is 0 Å². The Morgan fingerprint density at radius 3 is 2.57 bits per heavy atom. The van der Waals surface area contributed by atoms with Crippen LogP contribution < -0.4 is 4.72 Å². The highest BCUT2D eigenvalue weighted by atomic mass is 32.2. The Labute approximate surface area is 222 Å². The molecule has 37 heavy (non-hydrogen) atoms. The van der Waals surface area contributed by atoms with Gasteiger partial charge in [0.2, 0.25) is 0 Å². The van der Waals surface area contributed by atoms with Crippen molar-refractivity contribution < 1.29 is 23.1 Å². The summed E-state index contributed by atoms with van der Waals surface area (Å²) in [5, 5.41) is 12.6. The lowest BCUT2D eigenvalue weighted by atomic mass is 9.80. The average Bonchev–Trinajstić information content (AvgIpc) is 3.42. The zero-order chi connectivity index (χ0) is 26.5. The summed E-state index contributed by atoms with van der Waals surface area (Å²) in [4.78, 5) is 17.3. The van der Waals surface area contributed by atoms with Crippen LogP contribution in [0, 0.1) is 0 Å². The number of thiazole rings is 1. The summed E-state index contributed by atoms with van der Waals surface area (Å²) in [5.41, 5.74) is 3.18. The van der Waals surface area contributed by atoms with E-state index in [9.17, 15) is 18.3 Å². The van der Waals surface area contributed by atoms with Gasteiger partial charge in [0.05, 0.1) is 11.1 Å². The van der Waals surface area contributed by atoms with Crippen molar-refractivity contribution in [3.8, 4) is 0 Å². The lowest BCUT2D eigenvalue weighted by Crippen LogP contribution is -2.41. The number of rotatable bonds is 11. The third-order valence-electron chi connectivity index (χ3n) is 6.73. The van der Waals surface area contributed by atoms with Gasteiger partial charge in [0, 0.05) is 23.4 Å². The van der Waals surface area contributed by atoms with Crippen molar-refractivity contribution in [2.75, 3.05) is 4.72 Å². The summed E-state index contributed by atoms with van der Waals surface area (Å²) in [6, 6.07) is 16.9. The SMILES string of the molecule is CCCC1(CCc2ccccc2)CC(O)=C(C(CC)c2cccc(NS(=O)(=O)c3cscn3)c2)C(=O)O1. The highest BCUT2D eigenvalue weighted by Crippen LogP contribution is 2.42. The largest absolute Gasteiger partial charge is 0.512 e. The normalized spacial score (nSPS) is 18.9. The number of ether oxygens (including phenoxy) is 1. The van der Waals surface area contributed by atoms with Crippen molar-refractivity contribution in [2.24, 2.45) is 0 Å². The molecule has 0 fully saturated rings. The van der Waals surface area contributed by atoms with Crippen molar-refractivity contribution in [1.29, 1.82) is 0 Å². The number of hydrogen-bond acceptors (Lipinski definition) is 7. The molecule has 0 saturated heterocycles. The first-order chi connectivity index (χ1) is 17.8. The van der Waals surface area contributed by atoms with Crippen molar-refractivity contribution in [2.45, 2.75) is 68.9 Å². The van der Waals surface area contributed by atoms with Gasteiger partial charge in [0.25, 0.3) is 10.0 Å². The number of benzene rings is 2. The van der Waals surface area contributed by atoms with Crippen molar-refractivity contribution in [3.05, 3.63) is 87.9 Å². The molecule has 9 heteroatoms. The van der Waals surface area contributed by atoms with Gasteiger partial charge >= 0.3 is 5.97 Å². The fraction of sp³-hybridized carbons (Fsp3) is 0.357. The summed E-state index contributed by atoms with van der Waals surface area (Å²) in [5.74, 6) is -0.895. The predicted octanol–water partition coefficient (Wildman–Crippen LogP) is 6.37. The number of carbonyl (C=O) groups is 1. The van der Waals surface area contributed by atoms with Crippen molar-refractivity contribution in [1.82, 2.24) is 4.98 Å². The van der Waals surface area contributed by atoms with Crippen LogP contribution in [0.4, 0.5) is 5.69 Å². The molecule has 0 radical (unpaired) electrons. The Morgan fingerprint density at radius 2 is 1.92 bits per heavy atom. The molecular weight excluding hydrogens is 508 g/mol. The molecule has 4 rings (SSSR count). The number of nitrogens with zero attached hydrogens (tertiary/aromatic N) is 1. The maximum Gasteiger partial charge on any atom is 0.338 e. The molecule has 2 atom stereocenters. The lowest BCUT2D eigenvalue weighted by Gasteiger charge is -2.38. The first-order valence-corrected chi connectivity index (χ1v) is 14.9. The fourth-order valence-corrected chi connectivity index (χ4v) is 6.88. The molecule has 7 nitrogen and oxygen atoms in total. The first-order valence-electron chi connectivity index (χ1n) is 12.5. The molecule has 2 unspecified atom stereocenters. The monoisotopic (exact) mass is 540 g/mol. The summed E-state index contributed by atoms with van der Waals surface area (Å²) < 4.78 is 33.9. The van der Waals surface area contributed by atoms with Gasteiger partial charge in [0.15, 0.2) is 5.03 Å². The van der Waals surface area contributed by atoms with Crippen LogP contribution in [0.2, 0.25) is 0 Å². The van der Waals surface area contributed by atoms with Crippen LogP contribution in [0.1, 0.15) is 63.0 Å². The Balaban J connectivity index is 1.59. The third-order valence-corrected chi connectivity index (χ3v) is 8.74. The van der Waals surface area contributed by atoms with E-state index in [1.807, 2.05) is 50.2 Å². The van der Waals surface area contributed by atoms with Crippen molar-refractivity contribution >= 4 is 33.0 Å². The number of aliphatic hydroxyl groups is 1. The van der Waals surface area contributed by atoms with Gasteiger partial charge in [0.1, 0.15) is 11.4 Å². The molecule has 0 spiro atoms. The number of esters is 1. The quantitative estimate of drug-likeness (QED) is 0.274. The van der Waals surface area contributed by atoms with E-state index in [0.717, 1.165) is 18.4 Å². The summed E-state index contributed by atoms with van der Waals surface area (Å²) in [6.07, 6.45) is 3.65. The molecule has 0 aliphatic carbocycles. The van der Waals surface area contributed by atoms with Gasteiger partial charge in [-0.25, -0.2) is 9.78 Å². The second kappa shape index (κ2) is 11.5. The number of carbonyl (C=O) groups excluding carboxylic acids is 1. The smallest absolute Gasteiger partial charge is 0.338 e. The van der Waals surface area contributed by atoms with Gasteiger partial charge in [-0.15, -0.1) is 11.3 Å². The molecule has 196 valence electrons. The summed E-state index contributed by atoms with van der Waals surface area (Å²) in [6.45, 7) is 3.97. The van der Waals surface area contributed by atoms with Crippen LogP contribution in [0.3, 0.4) is 0 Å². The van der Waals surface area contributed by atoms with Gasteiger partial charge in [-0.1, -0.05) is 62.7 Å². The first kappa shape index (κ1) is 26.9. The number of anilines is 1. The number of nitrogens with one attached hydrogen (secondary N) is 1. The molecule has 2 heterocycles. The minimum Gasteiger partial charge on any atom is -0.512 e. The Hall–Kier alpha value is -3.17. The maximum atomic E-state index is 13.4. The van der Waals surface area contributed by atoms with Gasteiger partial charge < -0.3 is 9.84 Å². The molecule has 0 amide bonds. The third kappa shape index (κ3) is 6.22. The molecule has 3 aromatic rings. The molecule has 2 N–H and O–H groups in total. The Bertz CT molecular complexity index is 1350. The Morgan fingerprint density at radius 1 is 1.14 bits per heavy atom. The zero-order valence-electron chi connectivity index (χ0n) is 21.0. The highest BCUT2D eigenvalue weighted by Gasteiger charge is 2.43. The van der Waals surface area contributed by atoms with Crippen LogP contribution in [-0.4, -0.2) is 30.1 Å². The topological polar surface area (TPSA) is 106 Å². The number of hydrogen-bond donors (Lipinski definition) is 2. The van der Waals surface area contributed by atoms with Crippen molar-refractivity contribution in [3.63, 3.8) is 0 Å². The van der Waals surface area contributed by atoms with Crippen LogP contribution in [-0.2, 0) is 26.0 Å². The van der Waals surface area contributed by atoms with Gasteiger partial charge in [-0.2, -0.15) is 8.42 Å². The van der Waals surface area contributed by atoms with E-state index >= 15 is 0 Å². The predicted molar refractivity (Wildman–Crippen MR) is 145 cm³/mol. The number of sulfonamides is 1. The molecule has 1 aromatic heterocycles. The zero-order valence-corrected chi connectivity index (χ0v) is 22.6. The van der Waals surface area contributed by atoms with Crippen LogP contribution in [0.15, 0.2) is 81.8 Å². The van der Waals surface area contributed by atoms with Crippen LogP contribution in [0.25, 0.3) is 0 Å². The van der Waals surface area contributed by atoms with E-state index in [0.29, 0.717) is 30.5 Å². The number of aromatic nitrogens is 1. The standard InChI is InChI=1S/C28H32N2O5S2/c1-3-14-28(15-13-20-9-6-5-7-10-20)17-24(31)26(27(32)35-28)23(4-2)21-11-8-12-22(16-21)30-37(33,34)25-18-36-19-29-25/h5-12,16,18-19,23,30-31H,3-4,13-15,17H2,1-2H3. The summed E-state index contributed by atoms with van der Waals surface area (Å²) >= 11 is 1.20. The fourth-order valence-electron chi connectivity index (χ4n) is 4.99. The van der Waals surface area contributed by atoms with Gasteiger partial charge in [-0.05, 0) is 48.9 Å². The number of aliphatic hydroxyl groups excluding tert-OH is 1. The maximum absolute atomic E-state index is 13.4. The highest BCUT2D eigenvalue weighted by molar-refractivity contribution is 7.92. The van der Waals surface area contributed by atoms with E-state index in [2.05, 4.69) is 9.71 Å². The van der Waals surface area contributed by atoms with E-state index < -0.39 is 27.5 Å².